The second-order valence-electron chi connectivity index (χ2n) is 5.56. The molecular weight excluding hydrogens is 292 g/mol. The number of hydrogen-bond donors (Lipinski definition) is 3. The van der Waals surface area contributed by atoms with E-state index in [1.54, 1.807) is 0 Å². The molecule has 0 saturated carbocycles. The molecule has 3 N–H and O–H groups in total. The van der Waals surface area contributed by atoms with Crippen molar-refractivity contribution in [2.24, 2.45) is 5.92 Å². The predicted octanol–water partition coefficient (Wildman–Crippen LogP) is 2.14. The van der Waals surface area contributed by atoms with Gasteiger partial charge in [-0.25, -0.2) is 17.9 Å². The van der Waals surface area contributed by atoms with Gasteiger partial charge in [0.1, 0.15) is 4.90 Å². The van der Waals surface area contributed by atoms with Gasteiger partial charge in [-0.1, -0.05) is 13.8 Å². The summed E-state index contributed by atoms with van der Waals surface area (Å²) < 4.78 is 27.2. The van der Waals surface area contributed by atoms with Crippen LogP contribution in [-0.2, 0) is 10.0 Å². The molecular formula is C14H22N2O4S. The van der Waals surface area contributed by atoms with Gasteiger partial charge in [-0.05, 0) is 38.0 Å². The molecule has 0 amide bonds. The van der Waals surface area contributed by atoms with E-state index in [-0.39, 0.29) is 22.4 Å². The molecule has 21 heavy (non-hydrogen) atoms. The van der Waals surface area contributed by atoms with Gasteiger partial charge < -0.3 is 10.4 Å². The number of nitrogens with one attached hydrogen (secondary N) is 2. The lowest BCUT2D eigenvalue weighted by Crippen LogP contribution is -2.29. The number of carboxylic acid groups (broad SMARTS) is 1. The first kappa shape index (κ1) is 17.5. The van der Waals surface area contributed by atoms with E-state index in [1.165, 1.54) is 18.2 Å². The summed E-state index contributed by atoms with van der Waals surface area (Å²) in [6.45, 7) is 7.83. The predicted molar refractivity (Wildman–Crippen MR) is 82.2 cm³/mol. The maximum absolute atomic E-state index is 12.4. The Morgan fingerprint density at radius 3 is 2.33 bits per heavy atom. The van der Waals surface area contributed by atoms with Gasteiger partial charge in [0.2, 0.25) is 10.0 Å². The molecule has 6 nitrogen and oxygen atoms in total. The fourth-order valence-electron chi connectivity index (χ4n) is 1.66. The van der Waals surface area contributed by atoms with Gasteiger partial charge in [0, 0.05) is 12.6 Å². The lowest BCUT2D eigenvalue weighted by molar-refractivity contribution is 0.0696. The van der Waals surface area contributed by atoms with Crippen LogP contribution in [0.15, 0.2) is 23.1 Å². The van der Waals surface area contributed by atoms with Crippen molar-refractivity contribution < 1.29 is 18.3 Å². The Morgan fingerprint density at radius 1 is 1.24 bits per heavy atom. The van der Waals surface area contributed by atoms with E-state index in [0.29, 0.717) is 12.2 Å². The van der Waals surface area contributed by atoms with Crippen molar-refractivity contribution in [2.75, 3.05) is 11.9 Å². The Labute approximate surface area is 125 Å². The van der Waals surface area contributed by atoms with E-state index in [9.17, 15) is 13.2 Å². The Hall–Kier alpha value is -1.60. The number of benzene rings is 1. The van der Waals surface area contributed by atoms with Gasteiger partial charge in [0.15, 0.2) is 0 Å². The fourth-order valence-corrected chi connectivity index (χ4v) is 3.07. The number of hydrogen-bond acceptors (Lipinski definition) is 4. The van der Waals surface area contributed by atoms with E-state index in [0.717, 1.165) is 0 Å². The number of sulfonamides is 1. The quantitative estimate of drug-likeness (QED) is 0.716. The van der Waals surface area contributed by atoms with Crippen molar-refractivity contribution in [3.63, 3.8) is 0 Å². The Kier molecular flexibility index (Phi) is 5.74. The second-order valence-corrected chi connectivity index (χ2v) is 7.30. The van der Waals surface area contributed by atoms with Crippen LogP contribution in [-0.4, -0.2) is 32.1 Å². The molecule has 1 rings (SSSR count). The minimum atomic E-state index is -3.76. The number of aromatic carboxylic acids is 1. The van der Waals surface area contributed by atoms with E-state index < -0.39 is 16.0 Å². The van der Waals surface area contributed by atoms with Gasteiger partial charge >= 0.3 is 5.97 Å². The van der Waals surface area contributed by atoms with Gasteiger partial charge in [0.05, 0.1) is 11.3 Å². The number of anilines is 1. The van der Waals surface area contributed by atoms with Crippen LogP contribution in [0.2, 0.25) is 0 Å². The average molecular weight is 314 g/mol. The monoisotopic (exact) mass is 314 g/mol. The zero-order valence-electron chi connectivity index (χ0n) is 12.7. The van der Waals surface area contributed by atoms with Crippen molar-refractivity contribution in [1.29, 1.82) is 0 Å². The Bertz CT molecular complexity index is 609. The van der Waals surface area contributed by atoms with E-state index in [1.807, 2.05) is 27.7 Å². The third-order valence-corrected chi connectivity index (χ3v) is 4.11. The van der Waals surface area contributed by atoms with Crippen LogP contribution in [0.4, 0.5) is 5.69 Å². The lowest BCUT2D eigenvalue weighted by atomic mass is 10.2. The van der Waals surface area contributed by atoms with E-state index >= 15 is 0 Å². The zero-order valence-corrected chi connectivity index (χ0v) is 13.5. The minimum absolute atomic E-state index is 0.0275. The van der Waals surface area contributed by atoms with Crippen molar-refractivity contribution >= 4 is 21.7 Å². The Morgan fingerprint density at radius 2 is 1.86 bits per heavy atom. The molecule has 0 aliphatic heterocycles. The summed E-state index contributed by atoms with van der Waals surface area (Å²) in [5.74, 6) is -1.00. The highest BCUT2D eigenvalue weighted by Gasteiger charge is 2.21. The molecule has 0 bridgehead atoms. The molecule has 0 atom stereocenters. The highest BCUT2D eigenvalue weighted by atomic mass is 32.2. The van der Waals surface area contributed by atoms with Crippen LogP contribution in [0.3, 0.4) is 0 Å². The van der Waals surface area contributed by atoms with E-state index in [4.69, 9.17) is 5.11 Å². The summed E-state index contributed by atoms with van der Waals surface area (Å²) in [7, 11) is -3.76. The topological polar surface area (TPSA) is 95.5 Å². The first-order valence-corrected chi connectivity index (χ1v) is 8.25. The molecule has 0 fully saturated rings. The second kappa shape index (κ2) is 6.91. The summed E-state index contributed by atoms with van der Waals surface area (Å²) in [5.41, 5.74) is 0.334. The molecule has 0 aromatic heterocycles. The highest BCUT2D eigenvalue weighted by Crippen LogP contribution is 2.23. The summed E-state index contributed by atoms with van der Waals surface area (Å²) in [4.78, 5) is 11.0. The SMILES string of the molecule is CC(C)CNS(=O)(=O)c1cc(C(=O)O)ccc1NC(C)C. The number of carboxylic acids is 1. The van der Waals surface area contributed by atoms with Crippen LogP contribution >= 0.6 is 0 Å². The molecule has 0 spiro atoms. The van der Waals surface area contributed by atoms with Crippen LogP contribution in [0.1, 0.15) is 38.1 Å². The smallest absolute Gasteiger partial charge is 0.335 e. The summed E-state index contributed by atoms with van der Waals surface area (Å²) in [6, 6.07) is 4.07. The van der Waals surface area contributed by atoms with Crippen LogP contribution in [0, 0.1) is 5.92 Å². The molecule has 0 aliphatic carbocycles. The third-order valence-electron chi connectivity index (χ3n) is 2.64. The van der Waals surface area contributed by atoms with Crippen molar-refractivity contribution in [2.45, 2.75) is 38.6 Å². The van der Waals surface area contributed by atoms with Gasteiger partial charge in [-0.15, -0.1) is 0 Å². The van der Waals surface area contributed by atoms with E-state index in [2.05, 4.69) is 10.0 Å². The summed E-state index contributed by atoms with van der Waals surface area (Å²) in [6.07, 6.45) is 0. The van der Waals surface area contributed by atoms with Crippen molar-refractivity contribution in [3.8, 4) is 0 Å². The molecule has 0 heterocycles. The number of rotatable bonds is 7. The Balaban J connectivity index is 3.27. The first-order chi connectivity index (χ1) is 9.63. The van der Waals surface area contributed by atoms with Crippen LogP contribution in [0.25, 0.3) is 0 Å². The highest BCUT2D eigenvalue weighted by molar-refractivity contribution is 7.89. The normalized spacial score (nSPS) is 11.9. The molecule has 0 radical (unpaired) electrons. The average Bonchev–Trinajstić information content (AvgIpc) is 2.35. The molecule has 0 unspecified atom stereocenters. The summed E-state index contributed by atoms with van der Waals surface area (Å²) >= 11 is 0. The summed E-state index contributed by atoms with van der Waals surface area (Å²) in [5, 5.41) is 12.1. The van der Waals surface area contributed by atoms with Crippen LogP contribution in [0.5, 0.6) is 0 Å². The van der Waals surface area contributed by atoms with Crippen LogP contribution < -0.4 is 10.0 Å². The first-order valence-electron chi connectivity index (χ1n) is 6.77. The van der Waals surface area contributed by atoms with Gasteiger partial charge in [-0.2, -0.15) is 0 Å². The molecule has 118 valence electrons. The third kappa shape index (κ3) is 5.02. The largest absolute Gasteiger partial charge is 0.478 e. The maximum Gasteiger partial charge on any atom is 0.335 e. The zero-order chi connectivity index (χ0) is 16.2. The standard InChI is InChI=1S/C14H22N2O4S/c1-9(2)8-15-21(19,20)13-7-11(14(17)18)5-6-12(13)16-10(3)4/h5-7,9-10,15-16H,8H2,1-4H3,(H,17,18). The van der Waals surface area contributed by atoms with Crippen molar-refractivity contribution in [3.05, 3.63) is 23.8 Å². The molecule has 0 saturated heterocycles. The van der Waals surface area contributed by atoms with Crippen molar-refractivity contribution in [1.82, 2.24) is 4.72 Å². The number of carbonyl (C=O) groups is 1. The fraction of sp³-hybridized carbons (Fsp3) is 0.500. The molecule has 0 aliphatic rings. The molecule has 1 aromatic rings. The minimum Gasteiger partial charge on any atom is -0.478 e. The molecule has 1 aromatic carbocycles. The maximum atomic E-state index is 12.4. The van der Waals surface area contributed by atoms with Gasteiger partial charge in [-0.3, -0.25) is 0 Å². The lowest BCUT2D eigenvalue weighted by Gasteiger charge is -2.16. The molecule has 7 heteroatoms. The van der Waals surface area contributed by atoms with Gasteiger partial charge in [0.25, 0.3) is 0 Å².